The van der Waals surface area contributed by atoms with E-state index in [4.69, 9.17) is 5.73 Å². The third kappa shape index (κ3) is 5.24. The molecule has 1 atom stereocenters. The molecule has 1 fully saturated rings. The first-order valence-electron chi connectivity index (χ1n) is 12.3. The van der Waals surface area contributed by atoms with Crippen LogP contribution in [0.25, 0.3) is 10.9 Å². The van der Waals surface area contributed by atoms with Gasteiger partial charge in [-0.15, -0.1) is 11.3 Å². The van der Waals surface area contributed by atoms with Crippen LogP contribution in [0.15, 0.2) is 24.4 Å². The van der Waals surface area contributed by atoms with Crippen molar-refractivity contribution in [1.29, 1.82) is 0 Å². The van der Waals surface area contributed by atoms with Crippen molar-refractivity contribution in [2.45, 2.75) is 45.2 Å². The maximum absolute atomic E-state index is 13.7. The van der Waals surface area contributed by atoms with Crippen LogP contribution in [0, 0.1) is 5.82 Å². The third-order valence-corrected chi connectivity index (χ3v) is 8.20. The fraction of sp³-hybridized carbons (Fsp3) is 0.560. The molecule has 33 heavy (non-hydrogen) atoms. The monoisotopic (exact) mass is 470 g/mol. The first-order valence-corrected chi connectivity index (χ1v) is 13.1. The van der Waals surface area contributed by atoms with Crippen LogP contribution in [-0.4, -0.2) is 76.5 Å². The van der Waals surface area contributed by atoms with E-state index in [1.165, 1.54) is 35.0 Å². The Kier molecular flexibility index (Phi) is 6.97. The van der Waals surface area contributed by atoms with Gasteiger partial charge in [0.1, 0.15) is 5.82 Å². The fourth-order valence-corrected chi connectivity index (χ4v) is 6.37. The number of hydrogen-bond acceptors (Lipinski definition) is 6. The van der Waals surface area contributed by atoms with Crippen LogP contribution in [0.5, 0.6) is 0 Å². The van der Waals surface area contributed by atoms with Crippen molar-refractivity contribution in [2.24, 2.45) is 0 Å². The van der Waals surface area contributed by atoms with E-state index in [1.54, 1.807) is 17.4 Å². The number of aromatic amines is 1. The summed E-state index contributed by atoms with van der Waals surface area (Å²) >= 11 is 1.68. The molecule has 3 aromatic rings. The van der Waals surface area contributed by atoms with Gasteiger partial charge in [-0.1, -0.05) is 6.92 Å². The Hall–Kier alpha value is -2.00. The number of thiazole rings is 1. The van der Waals surface area contributed by atoms with E-state index < -0.39 is 0 Å². The highest BCUT2D eigenvalue weighted by atomic mass is 32.1. The molecule has 6 nitrogen and oxygen atoms in total. The molecule has 5 rings (SSSR count). The number of rotatable bonds is 8. The minimum absolute atomic E-state index is 0.169. The number of nitrogens with two attached hydrogens (primary N) is 1. The lowest BCUT2D eigenvalue weighted by molar-refractivity contribution is 0.101. The molecule has 0 radical (unpaired) electrons. The van der Waals surface area contributed by atoms with Crippen LogP contribution in [-0.2, 0) is 19.4 Å². The summed E-state index contributed by atoms with van der Waals surface area (Å²) in [6.07, 6.45) is 6.57. The zero-order chi connectivity index (χ0) is 22.8. The molecule has 3 heterocycles. The molecule has 0 amide bonds. The summed E-state index contributed by atoms with van der Waals surface area (Å²) in [5.74, 6) is -0.169. The zero-order valence-corrected chi connectivity index (χ0v) is 20.3. The molecule has 2 aliphatic rings. The van der Waals surface area contributed by atoms with Crippen molar-refractivity contribution < 1.29 is 4.39 Å². The number of aromatic nitrogens is 2. The van der Waals surface area contributed by atoms with E-state index in [0.717, 1.165) is 81.2 Å². The molecular weight excluding hydrogens is 435 g/mol. The number of hydrogen-bond donors (Lipinski definition) is 2. The molecule has 178 valence electrons. The summed E-state index contributed by atoms with van der Waals surface area (Å²) < 4.78 is 13.7. The maximum Gasteiger partial charge on any atom is 0.180 e. The SMILES string of the molecule is CCCN(CCN1CCN(Cc2c[nH]c3ccc(F)cc23)CC1)C1CCc2nc(N)sc2C1. The summed E-state index contributed by atoms with van der Waals surface area (Å²) in [5, 5.41) is 1.73. The number of benzene rings is 1. The van der Waals surface area contributed by atoms with Crippen LogP contribution < -0.4 is 5.73 Å². The lowest BCUT2D eigenvalue weighted by atomic mass is 9.96. The van der Waals surface area contributed by atoms with Crippen molar-refractivity contribution in [2.75, 3.05) is 51.5 Å². The Bertz CT molecular complexity index is 1070. The average molecular weight is 471 g/mol. The topological polar surface area (TPSA) is 64.4 Å². The highest BCUT2D eigenvalue weighted by molar-refractivity contribution is 7.15. The van der Waals surface area contributed by atoms with Gasteiger partial charge >= 0.3 is 0 Å². The summed E-state index contributed by atoms with van der Waals surface area (Å²) in [6, 6.07) is 5.60. The predicted octanol–water partition coefficient (Wildman–Crippen LogP) is 3.73. The Balaban J connectivity index is 1.11. The van der Waals surface area contributed by atoms with Gasteiger partial charge < -0.3 is 10.7 Å². The van der Waals surface area contributed by atoms with Gasteiger partial charge in [0.25, 0.3) is 0 Å². The number of halogens is 1. The number of H-pyrrole nitrogens is 1. The van der Waals surface area contributed by atoms with Crippen molar-refractivity contribution in [3.8, 4) is 0 Å². The van der Waals surface area contributed by atoms with Crippen molar-refractivity contribution in [3.63, 3.8) is 0 Å². The largest absolute Gasteiger partial charge is 0.375 e. The minimum Gasteiger partial charge on any atom is -0.375 e. The second-order valence-corrected chi connectivity index (χ2v) is 10.6. The third-order valence-electron chi connectivity index (χ3n) is 7.25. The fourth-order valence-electron chi connectivity index (χ4n) is 5.42. The molecule has 0 spiro atoms. The molecule has 1 unspecified atom stereocenters. The number of nitrogens with one attached hydrogen (secondary N) is 1. The number of fused-ring (bicyclic) bond motifs is 2. The molecule has 1 aliphatic carbocycles. The lowest BCUT2D eigenvalue weighted by Gasteiger charge is -2.38. The van der Waals surface area contributed by atoms with Crippen molar-refractivity contribution >= 4 is 27.4 Å². The standard InChI is InChI=1S/C25H35FN6S/c1-2-7-32(20-4-6-23-24(15-20)33-25(27)29-23)13-12-30-8-10-31(11-9-30)17-18-16-28-22-5-3-19(26)14-21(18)22/h3,5,14,16,20,28H,2,4,6-13,15,17H2,1H3,(H2,27,29). The van der Waals surface area contributed by atoms with Crippen LogP contribution in [0.2, 0.25) is 0 Å². The average Bonchev–Trinajstić information content (AvgIpc) is 3.39. The first-order chi connectivity index (χ1) is 16.1. The van der Waals surface area contributed by atoms with Gasteiger partial charge in [-0.25, -0.2) is 9.37 Å². The number of nitrogens with zero attached hydrogens (tertiary/aromatic N) is 4. The van der Waals surface area contributed by atoms with Gasteiger partial charge in [0.2, 0.25) is 0 Å². The summed E-state index contributed by atoms with van der Waals surface area (Å²) in [4.78, 5) is 17.0. The number of anilines is 1. The van der Waals surface area contributed by atoms with E-state index in [2.05, 4.69) is 31.6 Å². The molecule has 1 aliphatic heterocycles. The van der Waals surface area contributed by atoms with Crippen LogP contribution in [0.3, 0.4) is 0 Å². The van der Waals surface area contributed by atoms with Crippen LogP contribution in [0.1, 0.15) is 35.9 Å². The summed E-state index contributed by atoms with van der Waals surface area (Å²) in [7, 11) is 0. The molecule has 2 aromatic heterocycles. The lowest BCUT2D eigenvalue weighted by Crippen LogP contribution is -2.49. The number of nitrogen functional groups attached to an aromatic ring is 1. The molecule has 0 saturated carbocycles. The predicted molar refractivity (Wildman–Crippen MR) is 134 cm³/mol. The van der Waals surface area contributed by atoms with E-state index in [1.807, 2.05) is 12.3 Å². The van der Waals surface area contributed by atoms with Gasteiger partial charge in [0, 0.05) is 73.8 Å². The minimum atomic E-state index is -0.169. The second kappa shape index (κ2) is 10.1. The van der Waals surface area contributed by atoms with E-state index in [0.29, 0.717) is 6.04 Å². The van der Waals surface area contributed by atoms with Gasteiger partial charge in [-0.3, -0.25) is 14.7 Å². The van der Waals surface area contributed by atoms with Crippen molar-refractivity contribution in [3.05, 3.63) is 46.3 Å². The highest BCUT2D eigenvalue weighted by Gasteiger charge is 2.27. The van der Waals surface area contributed by atoms with Gasteiger partial charge in [-0.2, -0.15) is 0 Å². The van der Waals surface area contributed by atoms with E-state index in [-0.39, 0.29) is 5.82 Å². The Morgan fingerprint density at radius 1 is 1.21 bits per heavy atom. The van der Waals surface area contributed by atoms with Crippen LogP contribution >= 0.6 is 11.3 Å². The van der Waals surface area contributed by atoms with Crippen molar-refractivity contribution in [1.82, 2.24) is 24.7 Å². The Labute approximate surface area is 199 Å². The molecular formula is C25H35FN6S. The highest BCUT2D eigenvalue weighted by Crippen LogP contribution is 2.30. The molecule has 1 aromatic carbocycles. The van der Waals surface area contributed by atoms with Gasteiger partial charge in [-0.05, 0) is 56.0 Å². The molecule has 3 N–H and O–H groups in total. The maximum atomic E-state index is 13.7. The molecule has 1 saturated heterocycles. The summed E-state index contributed by atoms with van der Waals surface area (Å²) in [5.41, 5.74) is 9.38. The second-order valence-electron chi connectivity index (χ2n) is 9.48. The smallest absolute Gasteiger partial charge is 0.180 e. The van der Waals surface area contributed by atoms with Gasteiger partial charge in [0.05, 0.1) is 5.69 Å². The van der Waals surface area contributed by atoms with Crippen LogP contribution in [0.4, 0.5) is 9.52 Å². The Morgan fingerprint density at radius 2 is 2.03 bits per heavy atom. The number of aryl methyl sites for hydroxylation is 1. The molecule has 0 bridgehead atoms. The van der Waals surface area contributed by atoms with Gasteiger partial charge in [0.15, 0.2) is 5.13 Å². The Morgan fingerprint density at radius 3 is 2.85 bits per heavy atom. The number of piperazine rings is 1. The van der Waals surface area contributed by atoms with E-state index >= 15 is 0 Å². The first kappa shape index (κ1) is 22.8. The zero-order valence-electron chi connectivity index (χ0n) is 19.5. The van der Waals surface area contributed by atoms with E-state index in [9.17, 15) is 4.39 Å². The molecule has 8 heteroatoms. The summed E-state index contributed by atoms with van der Waals surface area (Å²) in [6.45, 7) is 10.9. The quantitative estimate of drug-likeness (QED) is 0.525. The normalized spacial score (nSPS) is 20.0.